The van der Waals surface area contributed by atoms with Gasteiger partial charge in [0.25, 0.3) is 5.91 Å². The van der Waals surface area contributed by atoms with Gasteiger partial charge in [-0.3, -0.25) is 4.79 Å². The predicted octanol–water partition coefficient (Wildman–Crippen LogP) is 2.34. The van der Waals surface area contributed by atoms with Crippen molar-refractivity contribution in [2.45, 2.75) is 19.4 Å². The predicted molar refractivity (Wildman–Crippen MR) is 80.3 cm³/mol. The Hall–Kier alpha value is -2.01. The first-order valence-corrected chi connectivity index (χ1v) is 6.85. The lowest BCUT2D eigenvalue weighted by Crippen LogP contribution is -2.36. The van der Waals surface area contributed by atoms with E-state index in [0.29, 0.717) is 23.7 Å². The first kappa shape index (κ1) is 17.0. The van der Waals surface area contributed by atoms with Gasteiger partial charge in [-0.25, -0.2) is 4.79 Å². The van der Waals surface area contributed by atoms with Crippen molar-refractivity contribution in [3.63, 3.8) is 0 Å². The molecule has 1 aromatic rings. The van der Waals surface area contributed by atoms with Crippen LogP contribution in [0.1, 0.15) is 13.3 Å². The Kier molecular flexibility index (Phi) is 7.32. The van der Waals surface area contributed by atoms with Gasteiger partial charge in [0.2, 0.25) is 0 Å². The zero-order valence-electron chi connectivity index (χ0n) is 12.0. The number of rotatable bonds is 7. The molecule has 1 rings (SSSR count). The molecule has 1 N–H and O–H groups in total. The first-order chi connectivity index (χ1) is 10.0. The largest absolute Gasteiger partial charge is 0.479 e. The van der Waals surface area contributed by atoms with Crippen LogP contribution in [0.4, 0.5) is 0 Å². The van der Waals surface area contributed by atoms with Gasteiger partial charge in [-0.05, 0) is 25.5 Å². The lowest BCUT2D eigenvalue weighted by Gasteiger charge is -2.15. The van der Waals surface area contributed by atoms with E-state index in [2.05, 4.69) is 10.1 Å². The molecule has 0 bridgehead atoms. The minimum absolute atomic E-state index is 0.249. The lowest BCUT2D eigenvalue weighted by molar-refractivity contribution is -0.134. The second-order valence-corrected chi connectivity index (χ2v) is 4.60. The standard InChI is InChI=1S/C15H18ClNO4/c1-11(21-13-8-4-3-7-12(13)16)15(19)17-10-6-5-9-14(18)20-2/h3-5,7-9,11H,6,10H2,1-2H3,(H,17,19)/b9-5+. The van der Waals surface area contributed by atoms with E-state index >= 15 is 0 Å². The highest BCUT2D eigenvalue weighted by Crippen LogP contribution is 2.24. The highest BCUT2D eigenvalue weighted by molar-refractivity contribution is 6.32. The Morgan fingerprint density at radius 2 is 2.10 bits per heavy atom. The van der Waals surface area contributed by atoms with E-state index in [-0.39, 0.29) is 5.91 Å². The van der Waals surface area contributed by atoms with Gasteiger partial charge in [-0.2, -0.15) is 0 Å². The van der Waals surface area contributed by atoms with E-state index in [0.717, 1.165) is 0 Å². The fourth-order valence-electron chi connectivity index (χ4n) is 1.45. The minimum Gasteiger partial charge on any atom is -0.479 e. The molecule has 0 radical (unpaired) electrons. The Labute approximate surface area is 128 Å². The number of carbonyl (C=O) groups excluding carboxylic acids is 2. The van der Waals surface area contributed by atoms with Crippen LogP contribution in [0, 0.1) is 0 Å². The average Bonchev–Trinajstić information content (AvgIpc) is 2.48. The van der Waals surface area contributed by atoms with Crippen molar-refractivity contribution in [2.24, 2.45) is 0 Å². The van der Waals surface area contributed by atoms with Crippen molar-refractivity contribution in [3.05, 3.63) is 41.4 Å². The molecular weight excluding hydrogens is 294 g/mol. The second-order valence-electron chi connectivity index (χ2n) is 4.20. The summed E-state index contributed by atoms with van der Waals surface area (Å²) >= 11 is 5.95. The number of halogens is 1. The molecule has 0 fully saturated rings. The molecule has 0 aliphatic rings. The zero-order chi connectivity index (χ0) is 15.7. The molecule has 21 heavy (non-hydrogen) atoms. The number of hydrogen-bond acceptors (Lipinski definition) is 4. The molecule has 1 atom stereocenters. The number of esters is 1. The normalized spacial score (nSPS) is 12.0. The van der Waals surface area contributed by atoms with Crippen LogP contribution in [0.2, 0.25) is 5.02 Å². The number of ether oxygens (including phenoxy) is 2. The van der Waals surface area contributed by atoms with Crippen LogP contribution >= 0.6 is 11.6 Å². The van der Waals surface area contributed by atoms with Crippen molar-refractivity contribution in [3.8, 4) is 5.75 Å². The lowest BCUT2D eigenvalue weighted by atomic mass is 10.3. The third-order valence-electron chi connectivity index (χ3n) is 2.57. The molecule has 0 saturated heterocycles. The summed E-state index contributed by atoms with van der Waals surface area (Å²) in [5, 5.41) is 3.16. The molecule has 0 aliphatic carbocycles. The number of carbonyl (C=O) groups is 2. The molecule has 1 unspecified atom stereocenters. The fourth-order valence-corrected chi connectivity index (χ4v) is 1.63. The summed E-state index contributed by atoms with van der Waals surface area (Å²) in [6.07, 6.45) is 2.82. The molecule has 0 saturated carbocycles. The van der Waals surface area contributed by atoms with Gasteiger partial charge in [0, 0.05) is 12.6 Å². The van der Waals surface area contributed by atoms with Crippen molar-refractivity contribution in [2.75, 3.05) is 13.7 Å². The molecule has 114 valence electrons. The van der Waals surface area contributed by atoms with Crippen LogP contribution < -0.4 is 10.1 Å². The minimum atomic E-state index is -0.658. The van der Waals surface area contributed by atoms with Gasteiger partial charge in [0.15, 0.2) is 6.10 Å². The van der Waals surface area contributed by atoms with E-state index in [9.17, 15) is 9.59 Å². The molecule has 6 heteroatoms. The van der Waals surface area contributed by atoms with Crippen molar-refractivity contribution in [1.29, 1.82) is 0 Å². The number of nitrogens with one attached hydrogen (secondary N) is 1. The van der Waals surface area contributed by atoms with Crippen LogP contribution in [-0.2, 0) is 14.3 Å². The highest BCUT2D eigenvalue weighted by Gasteiger charge is 2.14. The van der Waals surface area contributed by atoms with Gasteiger partial charge in [0.05, 0.1) is 12.1 Å². The first-order valence-electron chi connectivity index (χ1n) is 6.48. The summed E-state index contributed by atoms with van der Waals surface area (Å²) in [4.78, 5) is 22.6. The average molecular weight is 312 g/mol. The van der Waals surface area contributed by atoms with Gasteiger partial charge in [-0.1, -0.05) is 29.8 Å². The van der Waals surface area contributed by atoms with Crippen LogP contribution in [-0.4, -0.2) is 31.6 Å². The Morgan fingerprint density at radius 1 is 1.38 bits per heavy atom. The van der Waals surface area contributed by atoms with Gasteiger partial charge >= 0.3 is 5.97 Å². The van der Waals surface area contributed by atoms with Gasteiger partial charge in [0.1, 0.15) is 5.75 Å². The summed E-state index contributed by atoms with van der Waals surface area (Å²) < 4.78 is 9.93. The molecule has 0 spiro atoms. The van der Waals surface area contributed by atoms with Crippen molar-refractivity contribution in [1.82, 2.24) is 5.32 Å². The number of hydrogen-bond donors (Lipinski definition) is 1. The summed E-state index contributed by atoms with van der Waals surface area (Å²) in [5.41, 5.74) is 0. The molecule has 1 amide bonds. The molecule has 0 aromatic heterocycles. The topological polar surface area (TPSA) is 64.6 Å². The van der Waals surface area contributed by atoms with Gasteiger partial charge in [-0.15, -0.1) is 0 Å². The van der Waals surface area contributed by atoms with Crippen molar-refractivity contribution >= 4 is 23.5 Å². The highest BCUT2D eigenvalue weighted by atomic mass is 35.5. The third kappa shape index (κ3) is 6.31. The maximum Gasteiger partial charge on any atom is 0.330 e. The zero-order valence-corrected chi connectivity index (χ0v) is 12.7. The summed E-state index contributed by atoms with van der Waals surface area (Å²) in [6, 6.07) is 6.96. The molecule has 0 heterocycles. The Bertz CT molecular complexity index is 516. The number of benzene rings is 1. The van der Waals surface area contributed by atoms with E-state index in [4.69, 9.17) is 16.3 Å². The Balaban J connectivity index is 2.33. The van der Waals surface area contributed by atoms with Gasteiger partial charge < -0.3 is 14.8 Å². The maximum atomic E-state index is 11.8. The maximum absolute atomic E-state index is 11.8. The second kappa shape index (κ2) is 9.02. The third-order valence-corrected chi connectivity index (χ3v) is 2.89. The van der Waals surface area contributed by atoms with E-state index in [1.807, 2.05) is 0 Å². The molecular formula is C15H18ClNO4. The number of amides is 1. The smallest absolute Gasteiger partial charge is 0.330 e. The van der Waals surface area contributed by atoms with Crippen LogP contribution in [0.25, 0.3) is 0 Å². The van der Waals surface area contributed by atoms with E-state index in [1.165, 1.54) is 13.2 Å². The number of methoxy groups -OCH3 is 1. The summed E-state index contributed by atoms with van der Waals surface area (Å²) in [6.45, 7) is 2.05. The molecule has 0 aliphatic heterocycles. The molecule has 5 nitrogen and oxygen atoms in total. The quantitative estimate of drug-likeness (QED) is 0.477. The van der Waals surface area contributed by atoms with E-state index < -0.39 is 12.1 Å². The monoisotopic (exact) mass is 311 g/mol. The number of para-hydroxylation sites is 1. The molecule has 1 aromatic carbocycles. The summed E-state index contributed by atoms with van der Waals surface area (Å²) in [5.74, 6) is -0.203. The van der Waals surface area contributed by atoms with Crippen LogP contribution in [0.15, 0.2) is 36.4 Å². The fraction of sp³-hybridized carbons (Fsp3) is 0.333. The summed E-state index contributed by atoms with van der Waals surface area (Å²) in [7, 11) is 1.31. The van der Waals surface area contributed by atoms with E-state index in [1.54, 1.807) is 37.3 Å². The Morgan fingerprint density at radius 3 is 2.76 bits per heavy atom. The SMILES string of the molecule is COC(=O)/C=C/CCNC(=O)C(C)Oc1ccccc1Cl. The van der Waals surface area contributed by atoms with Crippen molar-refractivity contribution < 1.29 is 19.1 Å². The van der Waals surface area contributed by atoms with Crippen LogP contribution in [0.3, 0.4) is 0 Å². The van der Waals surface area contributed by atoms with Crippen LogP contribution in [0.5, 0.6) is 5.75 Å².